The molecule has 2 atom stereocenters. The van der Waals surface area contributed by atoms with Gasteiger partial charge in [0.1, 0.15) is 6.10 Å². The molecule has 9 nitrogen and oxygen atoms in total. The van der Waals surface area contributed by atoms with Crippen molar-refractivity contribution in [3.8, 4) is 11.5 Å². The fourth-order valence-corrected chi connectivity index (χ4v) is 3.19. The Kier molecular flexibility index (Phi) is 9.44. The summed E-state index contributed by atoms with van der Waals surface area (Å²) in [7, 11) is 1.44. The number of benzene rings is 2. The van der Waals surface area contributed by atoms with Gasteiger partial charge in [0.25, 0.3) is 5.91 Å². The summed E-state index contributed by atoms with van der Waals surface area (Å²) in [6, 6.07) is 11.2. The molecular weight excluding hydrogens is 428 g/mol. The zero-order valence-corrected chi connectivity index (χ0v) is 18.7. The van der Waals surface area contributed by atoms with Crippen LogP contribution in [0.2, 0.25) is 0 Å². The Labute approximate surface area is 192 Å². The van der Waals surface area contributed by atoms with Crippen LogP contribution in [-0.2, 0) is 9.53 Å². The van der Waals surface area contributed by atoms with E-state index < -0.39 is 18.1 Å². The van der Waals surface area contributed by atoms with Gasteiger partial charge >= 0.3 is 6.09 Å². The first-order chi connectivity index (χ1) is 15.7. The molecule has 0 spiro atoms. The highest BCUT2D eigenvalue weighted by atomic mass is 16.6. The Morgan fingerprint density at radius 1 is 1.12 bits per heavy atom. The van der Waals surface area contributed by atoms with Gasteiger partial charge in [-0.25, -0.2) is 10.3 Å². The van der Waals surface area contributed by atoms with Crippen molar-refractivity contribution >= 4 is 23.5 Å². The van der Waals surface area contributed by atoms with Crippen molar-refractivity contribution in [3.63, 3.8) is 0 Å². The normalized spacial score (nSPS) is 12.6. The van der Waals surface area contributed by atoms with E-state index in [1.54, 1.807) is 42.5 Å². The number of methoxy groups -OCH3 is 1. The first-order valence-corrected chi connectivity index (χ1v) is 10.3. The molecule has 0 radical (unpaired) electrons. The fraction of sp³-hybridized carbons (Fsp3) is 0.292. The molecule has 0 saturated carbocycles. The van der Waals surface area contributed by atoms with Crippen LogP contribution in [0, 0.1) is 5.92 Å². The number of rotatable bonds is 10. The van der Waals surface area contributed by atoms with E-state index in [1.807, 2.05) is 6.92 Å². The quantitative estimate of drug-likeness (QED) is 0.180. The summed E-state index contributed by atoms with van der Waals surface area (Å²) in [5.74, 6) is -0.701. The predicted molar refractivity (Wildman–Crippen MR) is 121 cm³/mol. The fourth-order valence-electron chi connectivity index (χ4n) is 3.19. The van der Waals surface area contributed by atoms with Crippen molar-refractivity contribution in [1.82, 2.24) is 5.48 Å². The van der Waals surface area contributed by atoms with Gasteiger partial charge in [-0.05, 0) is 67.6 Å². The number of ether oxygens (including phenoxy) is 2. The van der Waals surface area contributed by atoms with Gasteiger partial charge in [0.15, 0.2) is 17.3 Å². The molecule has 2 aromatic carbocycles. The SMILES string of the molecule is COc1ccc([C@H](OC(=O)Nc2ccc(C(C)=O)cc2)[C@@H](C)CC/C=C/C(=O)NO)cc1O. The van der Waals surface area contributed by atoms with Crippen LogP contribution in [-0.4, -0.2) is 35.2 Å². The van der Waals surface area contributed by atoms with E-state index >= 15 is 0 Å². The zero-order valence-electron chi connectivity index (χ0n) is 18.7. The third kappa shape index (κ3) is 7.65. The number of carbonyl (C=O) groups is 3. The Morgan fingerprint density at radius 3 is 2.39 bits per heavy atom. The number of ketones is 1. The number of phenolic OH excluding ortho intramolecular Hbond substituents is 1. The largest absolute Gasteiger partial charge is 0.504 e. The van der Waals surface area contributed by atoms with Crippen molar-refractivity contribution < 1.29 is 34.2 Å². The Morgan fingerprint density at radius 2 is 1.82 bits per heavy atom. The van der Waals surface area contributed by atoms with Gasteiger partial charge in [-0.3, -0.25) is 20.1 Å². The van der Waals surface area contributed by atoms with Crippen LogP contribution in [0.1, 0.15) is 48.7 Å². The third-order valence-electron chi connectivity index (χ3n) is 4.99. The van der Waals surface area contributed by atoms with Crippen LogP contribution in [0.15, 0.2) is 54.6 Å². The molecule has 0 aliphatic rings. The number of anilines is 1. The van der Waals surface area contributed by atoms with Crippen LogP contribution in [0.4, 0.5) is 10.5 Å². The van der Waals surface area contributed by atoms with Gasteiger partial charge in [0.05, 0.1) is 7.11 Å². The van der Waals surface area contributed by atoms with E-state index in [0.29, 0.717) is 29.7 Å². The third-order valence-corrected chi connectivity index (χ3v) is 4.99. The standard InChI is InChI=1S/C24H28N2O7/c1-15(6-4-5-7-22(29)26-31)23(18-10-13-21(32-3)20(28)14-18)33-24(30)25-19-11-8-17(9-12-19)16(2)27/h5,7-15,23,28,31H,4,6H2,1-3H3,(H,25,30)(H,26,29)/b7-5+/t15-,23+/m0/s1. The molecule has 9 heteroatoms. The van der Waals surface area contributed by atoms with Crippen LogP contribution in [0.3, 0.4) is 0 Å². The van der Waals surface area contributed by atoms with Gasteiger partial charge < -0.3 is 14.6 Å². The second-order valence-corrected chi connectivity index (χ2v) is 7.45. The highest BCUT2D eigenvalue weighted by molar-refractivity contribution is 5.95. The second-order valence-electron chi connectivity index (χ2n) is 7.45. The summed E-state index contributed by atoms with van der Waals surface area (Å²) >= 11 is 0. The topological polar surface area (TPSA) is 134 Å². The maximum Gasteiger partial charge on any atom is 0.412 e. The maximum atomic E-state index is 12.6. The van der Waals surface area contributed by atoms with E-state index in [4.69, 9.17) is 14.7 Å². The molecular formula is C24H28N2O7. The second kappa shape index (κ2) is 12.3. The number of hydrogen-bond acceptors (Lipinski definition) is 7. The molecule has 2 rings (SSSR count). The minimum Gasteiger partial charge on any atom is -0.504 e. The number of nitrogens with one attached hydrogen (secondary N) is 2. The predicted octanol–water partition coefficient (Wildman–Crippen LogP) is 4.37. The molecule has 0 aromatic heterocycles. The highest BCUT2D eigenvalue weighted by Gasteiger charge is 2.24. The maximum absolute atomic E-state index is 12.6. The Hall–Kier alpha value is -3.85. The Bertz CT molecular complexity index is 1000. The van der Waals surface area contributed by atoms with E-state index in [0.717, 1.165) is 0 Å². The van der Waals surface area contributed by atoms with Gasteiger partial charge in [-0.1, -0.05) is 19.1 Å². The molecule has 0 bridgehead atoms. The smallest absolute Gasteiger partial charge is 0.412 e. The van der Waals surface area contributed by atoms with Crippen molar-refractivity contribution in [3.05, 3.63) is 65.7 Å². The van der Waals surface area contributed by atoms with Crippen LogP contribution in [0.25, 0.3) is 0 Å². The number of Topliss-reactive ketones (excluding diaryl/α,β-unsaturated/α-hetero) is 1. The molecule has 0 aliphatic heterocycles. The number of allylic oxidation sites excluding steroid dienone is 1. The minimum atomic E-state index is -0.710. The minimum absolute atomic E-state index is 0.0807. The van der Waals surface area contributed by atoms with Crippen LogP contribution < -0.4 is 15.5 Å². The Balaban J connectivity index is 2.16. The number of hydroxylamine groups is 1. The molecule has 2 amide bonds. The van der Waals surface area contributed by atoms with E-state index in [-0.39, 0.29) is 23.2 Å². The molecule has 176 valence electrons. The van der Waals surface area contributed by atoms with E-state index in [1.165, 1.54) is 31.7 Å². The van der Waals surface area contributed by atoms with E-state index in [9.17, 15) is 19.5 Å². The van der Waals surface area contributed by atoms with Gasteiger partial charge in [0.2, 0.25) is 0 Å². The zero-order chi connectivity index (χ0) is 24.4. The summed E-state index contributed by atoms with van der Waals surface area (Å²) in [6.07, 6.45) is 2.43. The van der Waals surface area contributed by atoms with Crippen molar-refractivity contribution in [2.75, 3.05) is 12.4 Å². The van der Waals surface area contributed by atoms with Crippen molar-refractivity contribution in [2.45, 2.75) is 32.8 Å². The summed E-state index contributed by atoms with van der Waals surface area (Å²) in [5.41, 5.74) is 3.08. The van der Waals surface area contributed by atoms with Crippen LogP contribution in [0.5, 0.6) is 11.5 Å². The lowest BCUT2D eigenvalue weighted by molar-refractivity contribution is -0.124. The first-order valence-electron chi connectivity index (χ1n) is 10.3. The van der Waals surface area contributed by atoms with Crippen molar-refractivity contribution in [1.29, 1.82) is 0 Å². The van der Waals surface area contributed by atoms with E-state index in [2.05, 4.69) is 5.32 Å². The number of aromatic hydroxyl groups is 1. The molecule has 4 N–H and O–H groups in total. The lowest BCUT2D eigenvalue weighted by Crippen LogP contribution is -2.22. The summed E-state index contributed by atoms with van der Waals surface area (Å²) < 4.78 is 10.8. The summed E-state index contributed by atoms with van der Waals surface area (Å²) in [4.78, 5) is 35.1. The summed E-state index contributed by atoms with van der Waals surface area (Å²) in [6.45, 7) is 3.33. The first kappa shape index (κ1) is 25.4. The van der Waals surface area contributed by atoms with Gasteiger partial charge in [0, 0.05) is 17.3 Å². The monoisotopic (exact) mass is 456 g/mol. The molecule has 2 aromatic rings. The summed E-state index contributed by atoms with van der Waals surface area (Å²) in [5, 5.41) is 21.4. The molecule has 0 saturated heterocycles. The van der Waals surface area contributed by atoms with Gasteiger partial charge in [-0.2, -0.15) is 0 Å². The lowest BCUT2D eigenvalue weighted by Gasteiger charge is -2.25. The molecule has 33 heavy (non-hydrogen) atoms. The average molecular weight is 456 g/mol. The molecule has 0 unspecified atom stereocenters. The average Bonchev–Trinajstić information content (AvgIpc) is 2.80. The molecule has 0 aliphatic carbocycles. The number of carbonyl (C=O) groups excluding carboxylic acids is 3. The van der Waals surface area contributed by atoms with Gasteiger partial charge in [-0.15, -0.1) is 0 Å². The van der Waals surface area contributed by atoms with Crippen LogP contribution >= 0.6 is 0 Å². The molecule has 0 fully saturated rings. The number of phenols is 1. The van der Waals surface area contributed by atoms with Crippen molar-refractivity contribution in [2.24, 2.45) is 5.92 Å². The molecule has 0 heterocycles. The number of amides is 2. The lowest BCUT2D eigenvalue weighted by atomic mass is 9.92. The number of hydrogen-bond donors (Lipinski definition) is 4. The highest BCUT2D eigenvalue weighted by Crippen LogP contribution is 2.35.